The van der Waals surface area contributed by atoms with Crippen LogP contribution in [0.5, 0.6) is 0 Å². The maximum atomic E-state index is 13.7. The van der Waals surface area contributed by atoms with Crippen LogP contribution >= 0.6 is 11.3 Å². The number of aliphatic hydroxyl groups is 1. The number of benzene rings is 1. The van der Waals surface area contributed by atoms with E-state index in [1.165, 1.54) is 30.4 Å². The van der Waals surface area contributed by atoms with E-state index in [4.69, 9.17) is 0 Å². The van der Waals surface area contributed by atoms with Crippen molar-refractivity contribution in [1.82, 2.24) is 4.98 Å². The van der Waals surface area contributed by atoms with Gasteiger partial charge >= 0.3 is 0 Å². The molecule has 0 saturated carbocycles. The van der Waals surface area contributed by atoms with Crippen LogP contribution in [0, 0.1) is 18.6 Å². The molecule has 0 fully saturated rings. The molecule has 1 atom stereocenters. The predicted molar refractivity (Wildman–Crippen MR) is 61.9 cm³/mol. The van der Waals surface area contributed by atoms with Crippen LogP contribution in [0.2, 0.25) is 0 Å². The van der Waals surface area contributed by atoms with E-state index in [-0.39, 0.29) is 12.0 Å². The SMILES string of the molecule is Cc1ccc(F)c(C(O)Cc2nccs2)c1F. The molecule has 0 amide bonds. The minimum Gasteiger partial charge on any atom is -0.388 e. The fourth-order valence-corrected chi connectivity index (χ4v) is 2.26. The molecule has 17 heavy (non-hydrogen) atoms. The van der Waals surface area contributed by atoms with Crippen molar-refractivity contribution >= 4 is 11.3 Å². The van der Waals surface area contributed by atoms with Crippen LogP contribution in [0.25, 0.3) is 0 Å². The van der Waals surface area contributed by atoms with Crippen LogP contribution in [0.4, 0.5) is 8.78 Å². The van der Waals surface area contributed by atoms with E-state index in [1.807, 2.05) is 0 Å². The maximum Gasteiger partial charge on any atom is 0.134 e. The molecule has 0 spiro atoms. The molecule has 1 aromatic carbocycles. The number of aromatic nitrogens is 1. The van der Waals surface area contributed by atoms with Crippen molar-refractivity contribution in [3.8, 4) is 0 Å². The number of nitrogens with zero attached hydrogens (tertiary/aromatic N) is 1. The van der Waals surface area contributed by atoms with E-state index in [0.29, 0.717) is 10.6 Å². The van der Waals surface area contributed by atoms with Gasteiger partial charge in [0.15, 0.2) is 0 Å². The zero-order chi connectivity index (χ0) is 12.4. The van der Waals surface area contributed by atoms with Crippen molar-refractivity contribution in [2.45, 2.75) is 19.4 Å². The molecule has 0 aliphatic heterocycles. The van der Waals surface area contributed by atoms with Gasteiger partial charge in [0.1, 0.15) is 11.6 Å². The Morgan fingerprint density at radius 1 is 1.41 bits per heavy atom. The lowest BCUT2D eigenvalue weighted by Crippen LogP contribution is -2.08. The summed E-state index contributed by atoms with van der Waals surface area (Å²) in [5.41, 5.74) is 0.0415. The first-order valence-electron chi connectivity index (χ1n) is 5.10. The highest BCUT2D eigenvalue weighted by molar-refractivity contribution is 7.09. The van der Waals surface area contributed by atoms with E-state index in [9.17, 15) is 13.9 Å². The van der Waals surface area contributed by atoms with Crippen molar-refractivity contribution in [2.75, 3.05) is 0 Å². The van der Waals surface area contributed by atoms with Crippen LogP contribution in [0.15, 0.2) is 23.7 Å². The Labute approximate surface area is 102 Å². The van der Waals surface area contributed by atoms with Crippen molar-refractivity contribution in [1.29, 1.82) is 0 Å². The lowest BCUT2D eigenvalue weighted by atomic mass is 10.0. The highest BCUT2D eigenvalue weighted by Crippen LogP contribution is 2.26. The summed E-state index contributed by atoms with van der Waals surface area (Å²) in [5, 5.41) is 12.3. The van der Waals surface area contributed by atoms with Gasteiger partial charge in [-0.15, -0.1) is 11.3 Å². The van der Waals surface area contributed by atoms with Crippen LogP contribution in [0.3, 0.4) is 0 Å². The summed E-state index contributed by atoms with van der Waals surface area (Å²) in [7, 11) is 0. The van der Waals surface area contributed by atoms with E-state index >= 15 is 0 Å². The fraction of sp³-hybridized carbons (Fsp3) is 0.250. The van der Waals surface area contributed by atoms with Gasteiger partial charge in [-0.2, -0.15) is 0 Å². The molecule has 1 aromatic heterocycles. The summed E-state index contributed by atoms with van der Waals surface area (Å²) in [4.78, 5) is 3.98. The smallest absolute Gasteiger partial charge is 0.134 e. The molecule has 2 nitrogen and oxygen atoms in total. The minimum absolute atomic E-state index is 0.120. The van der Waals surface area contributed by atoms with E-state index in [1.54, 1.807) is 11.6 Å². The summed E-state index contributed by atoms with van der Waals surface area (Å²) in [6, 6.07) is 2.52. The Balaban J connectivity index is 2.30. The molecule has 1 unspecified atom stereocenters. The van der Waals surface area contributed by atoms with Gasteiger partial charge < -0.3 is 5.11 Å². The molecule has 90 valence electrons. The van der Waals surface area contributed by atoms with Crippen molar-refractivity contribution < 1.29 is 13.9 Å². The normalized spacial score (nSPS) is 12.7. The first-order valence-corrected chi connectivity index (χ1v) is 5.98. The molecular weight excluding hydrogens is 244 g/mol. The molecule has 2 rings (SSSR count). The average molecular weight is 255 g/mol. The number of hydrogen-bond donors (Lipinski definition) is 1. The number of aliphatic hydroxyl groups excluding tert-OH is 1. The second-order valence-electron chi connectivity index (χ2n) is 3.74. The van der Waals surface area contributed by atoms with E-state index in [0.717, 1.165) is 0 Å². The number of hydrogen-bond acceptors (Lipinski definition) is 3. The second kappa shape index (κ2) is 4.89. The summed E-state index contributed by atoms with van der Waals surface area (Å²) < 4.78 is 27.2. The van der Waals surface area contributed by atoms with Crippen molar-refractivity contribution in [3.05, 3.63) is 51.5 Å². The topological polar surface area (TPSA) is 33.1 Å². The highest BCUT2D eigenvalue weighted by atomic mass is 32.1. The Morgan fingerprint density at radius 2 is 2.18 bits per heavy atom. The summed E-state index contributed by atoms with van der Waals surface area (Å²) in [6.45, 7) is 1.54. The molecule has 1 N–H and O–H groups in total. The number of rotatable bonds is 3. The second-order valence-corrected chi connectivity index (χ2v) is 4.72. The summed E-state index contributed by atoms with van der Waals surface area (Å²) in [6.07, 6.45) is 0.506. The van der Waals surface area contributed by atoms with Gasteiger partial charge in [-0.05, 0) is 18.6 Å². The van der Waals surface area contributed by atoms with Gasteiger partial charge in [0, 0.05) is 18.0 Å². The molecule has 2 aromatic rings. The van der Waals surface area contributed by atoms with Crippen molar-refractivity contribution in [3.63, 3.8) is 0 Å². The zero-order valence-corrected chi connectivity index (χ0v) is 9.97. The van der Waals surface area contributed by atoms with Gasteiger partial charge in [0.05, 0.1) is 16.7 Å². The largest absolute Gasteiger partial charge is 0.388 e. The van der Waals surface area contributed by atoms with E-state index < -0.39 is 17.7 Å². The third-order valence-electron chi connectivity index (χ3n) is 2.50. The molecular formula is C12H11F2NOS. The van der Waals surface area contributed by atoms with Gasteiger partial charge in [0.25, 0.3) is 0 Å². The lowest BCUT2D eigenvalue weighted by molar-refractivity contribution is 0.168. The minimum atomic E-state index is -1.21. The monoisotopic (exact) mass is 255 g/mol. The molecule has 0 aliphatic rings. The maximum absolute atomic E-state index is 13.7. The molecule has 0 aliphatic carbocycles. The fourth-order valence-electron chi connectivity index (χ4n) is 1.61. The first kappa shape index (κ1) is 12.1. The van der Waals surface area contributed by atoms with Crippen molar-refractivity contribution in [2.24, 2.45) is 0 Å². The predicted octanol–water partition coefficient (Wildman–Crippen LogP) is 3.01. The highest BCUT2D eigenvalue weighted by Gasteiger charge is 2.20. The van der Waals surface area contributed by atoms with Crippen LogP contribution < -0.4 is 0 Å². The Morgan fingerprint density at radius 3 is 2.82 bits per heavy atom. The Kier molecular flexibility index (Phi) is 3.49. The van der Waals surface area contributed by atoms with E-state index in [2.05, 4.69) is 4.98 Å². The zero-order valence-electron chi connectivity index (χ0n) is 9.15. The number of aryl methyl sites for hydroxylation is 1. The van der Waals surface area contributed by atoms with Gasteiger partial charge in [-0.3, -0.25) is 0 Å². The standard InChI is InChI=1S/C12H11F2NOS/c1-7-2-3-8(13)11(12(7)14)9(16)6-10-15-4-5-17-10/h2-5,9,16H,6H2,1H3. The van der Waals surface area contributed by atoms with Gasteiger partial charge in [-0.1, -0.05) is 6.07 Å². The quantitative estimate of drug-likeness (QED) is 0.914. The Hall–Kier alpha value is -1.33. The lowest BCUT2D eigenvalue weighted by Gasteiger charge is -2.12. The molecule has 0 bridgehead atoms. The van der Waals surface area contributed by atoms with Gasteiger partial charge in [-0.25, -0.2) is 13.8 Å². The number of thiazole rings is 1. The van der Waals surface area contributed by atoms with Crippen LogP contribution in [-0.4, -0.2) is 10.1 Å². The van der Waals surface area contributed by atoms with Crippen LogP contribution in [-0.2, 0) is 6.42 Å². The molecule has 0 radical (unpaired) electrons. The van der Waals surface area contributed by atoms with Gasteiger partial charge in [0.2, 0.25) is 0 Å². The number of halogens is 2. The summed E-state index contributed by atoms with van der Waals surface area (Å²) in [5.74, 6) is -1.41. The first-order chi connectivity index (χ1) is 8.09. The molecule has 0 saturated heterocycles. The molecule has 5 heteroatoms. The molecule has 1 heterocycles. The summed E-state index contributed by atoms with van der Waals surface area (Å²) >= 11 is 1.35. The Bertz CT molecular complexity index is 513. The van der Waals surface area contributed by atoms with Crippen LogP contribution in [0.1, 0.15) is 22.2 Å². The third kappa shape index (κ3) is 2.50. The average Bonchev–Trinajstić information content (AvgIpc) is 2.77. The third-order valence-corrected chi connectivity index (χ3v) is 3.31.